The lowest BCUT2D eigenvalue weighted by molar-refractivity contribution is 0.0499. The van der Waals surface area contributed by atoms with Crippen LogP contribution in [0.2, 0.25) is 0 Å². The second-order valence-corrected chi connectivity index (χ2v) is 8.30. The summed E-state index contributed by atoms with van der Waals surface area (Å²) in [5.41, 5.74) is 1.24. The van der Waals surface area contributed by atoms with E-state index in [-0.39, 0.29) is 6.61 Å². The van der Waals surface area contributed by atoms with Crippen LogP contribution in [0.15, 0.2) is 36.4 Å². The van der Waals surface area contributed by atoms with E-state index in [0.717, 1.165) is 44.9 Å². The molecule has 0 amide bonds. The fourth-order valence-electron chi connectivity index (χ4n) is 3.67. The van der Waals surface area contributed by atoms with Gasteiger partial charge in [0.15, 0.2) is 0 Å². The molecule has 0 bridgehead atoms. The molecule has 0 saturated carbocycles. The van der Waals surface area contributed by atoms with Gasteiger partial charge in [0.2, 0.25) is 0 Å². The highest BCUT2D eigenvalue weighted by molar-refractivity contribution is 7.11. The molecule has 0 unspecified atom stereocenters. The van der Waals surface area contributed by atoms with Gasteiger partial charge in [-0.1, -0.05) is 18.2 Å². The molecule has 0 aliphatic carbocycles. The van der Waals surface area contributed by atoms with Crippen LogP contribution in [-0.2, 0) is 13.1 Å². The Morgan fingerprint density at radius 2 is 2.00 bits per heavy atom. The van der Waals surface area contributed by atoms with Gasteiger partial charge in [-0.05, 0) is 38.5 Å². The first-order valence-electron chi connectivity index (χ1n) is 9.53. The first kappa shape index (κ1) is 19.4. The van der Waals surface area contributed by atoms with E-state index in [1.54, 1.807) is 0 Å². The molecule has 142 valence electrons. The Morgan fingerprint density at radius 3 is 2.73 bits per heavy atom. The fraction of sp³-hybridized carbons (Fsp3) is 0.524. The maximum absolute atomic E-state index is 9.55. The van der Waals surface area contributed by atoms with E-state index in [9.17, 15) is 5.11 Å². The SMILES string of the molecule is CCOc1ccccc1CN1CCN(Cc2ccc(C)s2)C[C@@H]1CCO. The molecule has 5 heteroatoms. The van der Waals surface area contributed by atoms with E-state index >= 15 is 0 Å². The number of aryl methyl sites for hydroxylation is 1. The van der Waals surface area contributed by atoms with Crippen LogP contribution < -0.4 is 4.74 Å². The number of aliphatic hydroxyl groups is 1. The van der Waals surface area contributed by atoms with E-state index in [2.05, 4.69) is 47.1 Å². The molecule has 0 spiro atoms. The summed E-state index contributed by atoms with van der Waals surface area (Å²) in [4.78, 5) is 7.83. The average molecular weight is 375 g/mol. The maximum atomic E-state index is 9.55. The van der Waals surface area contributed by atoms with Crippen molar-refractivity contribution < 1.29 is 9.84 Å². The van der Waals surface area contributed by atoms with Gasteiger partial charge in [0.1, 0.15) is 5.75 Å². The smallest absolute Gasteiger partial charge is 0.123 e. The second-order valence-electron chi connectivity index (χ2n) is 6.92. The number of piperazine rings is 1. The number of rotatable bonds is 8. The lowest BCUT2D eigenvalue weighted by Crippen LogP contribution is -2.52. The Bertz CT molecular complexity index is 688. The maximum Gasteiger partial charge on any atom is 0.123 e. The molecule has 1 N–H and O–H groups in total. The van der Waals surface area contributed by atoms with Crippen LogP contribution in [0.3, 0.4) is 0 Å². The standard InChI is InChI=1S/C21H30N2O2S/c1-3-25-21-7-5-4-6-18(21)14-23-12-11-22(15-19(23)10-13-24)16-20-9-8-17(2)26-20/h4-9,19,24H,3,10-16H2,1-2H3/t19-/m0/s1. The van der Waals surface area contributed by atoms with Gasteiger partial charge in [0, 0.05) is 60.7 Å². The molecule has 1 aromatic heterocycles. The zero-order valence-corrected chi connectivity index (χ0v) is 16.7. The van der Waals surface area contributed by atoms with E-state index in [0.29, 0.717) is 12.6 Å². The highest BCUT2D eigenvalue weighted by Crippen LogP contribution is 2.25. The molecule has 3 rings (SSSR count). The minimum atomic E-state index is 0.236. The third kappa shape index (κ3) is 5.07. The highest BCUT2D eigenvalue weighted by atomic mass is 32.1. The van der Waals surface area contributed by atoms with Crippen LogP contribution in [0, 0.1) is 6.92 Å². The number of ether oxygens (including phenoxy) is 1. The number of hydrogen-bond acceptors (Lipinski definition) is 5. The van der Waals surface area contributed by atoms with Crippen molar-refractivity contribution in [1.82, 2.24) is 9.80 Å². The van der Waals surface area contributed by atoms with Gasteiger partial charge in [-0.15, -0.1) is 11.3 Å². The molecule has 1 aliphatic heterocycles. The number of nitrogens with zero attached hydrogens (tertiary/aromatic N) is 2. The summed E-state index contributed by atoms with van der Waals surface area (Å²) >= 11 is 1.89. The molecule has 0 radical (unpaired) electrons. The predicted octanol–water partition coefficient (Wildman–Crippen LogP) is 3.52. The van der Waals surface area contributed by atoms with Gasteiger partial charge in [-0.25, -0.2) is 0 Å². The third-order valence-electron chi connectivity index (χ3n) is 4.97. The summed E-state index contributed by atoms with van der Waals surface area (Å²) in [7, 11) is 0. The third-order valence-corrected chi connectivity index (χ3v) is 5.96. The average Bonchev–Trinajstić information content (AvgIpc) is 3.04. The van der Waals surface area contributed by atoms with Crippen LogP contribution >= 0.6 is 11.3 Å². The fourth-order valence-corrected chi connectivity index (χ4v) is 4.60. The first-order valence-corrected chi connectivity index (χ1v) is 10.3. The summed E-state index contributed by atoms with van der Waals surface area (Å²) in [5, 5.41) is 9.55. The summed E-state index contributed by atoms with van der Waals surface area (Å²) in [6.07, 6.45) is 0.816. The quantitative estimate of drug-likeness (QED) is 0.767. The van der Waals surface area contributed by atoms with Crippen LogP contribution in [0.1, 0.15) is 28.7 Å². The Balaban J connectivity index is 1.65. The summed E-state index contributed by atoms with van der Waals surface area (Å²) in [5.74, 6) is 0.981. The van der Waals surface area contributed by atoms with Crippen molar-refractivity contribution in [1.29, 1.82) is 0 Å². The van der Waals surface area contributed by atoms with Crippen LogP contribution in [-0.4, -0.2) is 53.8 Å². The van der Waals surface area contributed by atoms with E-state index in [1.165, 1.54) is 15.3 Å². The minimum Gasteiger partial charge on any atom is -0.494 e. The molecule has 2 aromatic rings. The van der Waals surface area contributed by atoms with Crippen molar-refractivity contribution in [3.8, 4) is 5.75 Å². The van der Waals surface area contributed by atoms with Crippen LogP contribution in [0.4, 0.5) is 0 Å². The topological polar surface area (TPSA) is 35.9 Å². The van der Waals surface area contributed by atoms with Crippen molar-refractivity contribution in [2.24, 2.45) is 0 Å². The number of benzene rings is 1. The molecular weight excluding hydrogens is 344 g/mol. The van der Waals surface area contributed by atoms with Crippen LogP contribution in [0.25, 0.3) is 0 Å². The highest BCUT2D eigenvalue weighted by Gasteiger charge is 2.27. The van der Waals surface area contributed by atoms with Crippen molar-refractivity contribution in [2.45, 2.75) is 39.4 Å². The number of para-hydroxylation sites is 1. The van der Waals surface area contributed by atoms with E-state index < -0.39 is 0 Å². The molecule has 1 fully saturated rings. The molecular formula is C21H30N2O2S. The Morgan fingerprint density at radius 1 is 1.15 bits per heavy atom. The number of hydrogen-bond donors (Lipinski definition) is 1. The van der Waals surface area contributed by atoms with Crippen molar-refractivity contribution >= 4 is 11.3 Å². The Kier molecular flexibility index (Phi) is 7.08. The van der Waals surface area contributed by atoms with Gasteiger partial charge in [0.25, 0.3) is 0 Å². The largest absolute Gasteiger partial charge is 0.494 e. The van der Waals surface area contributed by atoms with Gasteiger partial charge >= 0.3 is 0 Å². The van der Waals surface area contributed by atoms with Gasteiger partial charge in [-0.2, -0.15) is 0 Å². The monoisotopic (exact) mass is 374 g/mol. The Labute approximate surface area is 161 Å². The normalized spacial score (nSPS) is 19.0. The first-order chi connectivity index (χ1) is 12.7. The summed E-state index contributed by atoms with van der Waals surface area (Å²) < 4.78 is 5.79. The van der Waals surface area contributed by atoms with Crippen molar-refractivity contribution in [3.63, 3.8) is 0 Å². The van der Waals surface area contributed by atoms with Crippen molar-refractivity contribution in [2.75, 3.05) is 32.8 Å². The van der Waals surface area contributed by atoms with Gasteiger partial charge in [-0.3, -0.25) is 9.80 Å². The molecule has 1 atom stereocenters. The van der Waals surface area contributed by atoms with E-state index in [4.69, 9.17) is 4.74 Å². The lowest BCUT2D eigenvalue weighted by atomic mass is 10.1. The predicted molar refractivity (Wildman–Crippen MR) is 108 cm³/mol. The minimum absolute atomic E-state index is 0.236. The molecule has 4 nitrogen and oxygen atoms in total. The van der Waals surface area contributed by atoms with Gasteiger partial charge in [0.05, 0.1) is 6.61 Å². The zero-order valence-electron chi connectivity index (χ0n) is 15.9. The lowest BCUT2D eigenvalue weighted by Gasteiger charge is -2.41. The number of aliphatic hydroxyl groups excluding tert-OH is 1. The Hall–Kier alpha value is -1.40. The second kappa shape index (κ2) is 9.51. The molecule has 2 heterocycles. The van der Waals surface area contributed by atoms with Crippen molar-refractivity contribution in [3.05, 3.63) is 51.7 Å². The molecule has 1 saturated heterocycles. The van der Waals surface area contributed by atoms with Gasteiger partial charge < -0.3 is 9.84 Å². The van der Waals surface area contributed by atoms with E-state index in [1.807, 2.05) is 24.3 Å². The molecule has 1 aliphatic rings. The summed E-state index contributed by atoms with van der Waals surface area (Å²) in [6.45, 7) is 10.1. The molecule has 26 heavy (non-hydrogen) atoms. The van der Waals surface area contributed by atoms with Crippen LogP contribution in [0.5, 0.6) is 5.75 Å². The molecule has 1 aromatic carbocycles. The zero-order chi connectivity index (χ0) is 18.4. The summed E-state index contributed by atoms with van der Waals surface area (Å²) in [6, 6.07) is 13.1. The number of thiophene rings is 1.